The molecule has 0 aliphatic heterocycles. The number of nitrogens with zero attached hydrogens (tertiary/aromatic N) is 4. The number of anilines is 1. The SMILES string of the molecule is Nc1ncnc2c1ncn2CP(=O)(c1ccccc1)c1ccccc1. The smallest absolute Gasteiger partial charge is 0.165 e. The van der Waals surface area contributed by atoms with Crippen molar-refractivity contribution in [3.05, 3.63) is 73.3 Å². The van der Waals surface area contributed by atoms with Crippen LogP contribution in [0, 0.1) is 0 Å². The van der Waals surface area contributed by atoms with Crippen LogP contribution in [0.25, 0.3) is 11.2 Å². The average molecular weight is 349 g/mol. The van der Waals surface area contributed by atoms with E-state index in [-0.39, 0.29) is 6.29 Å². The summed E-state index contributed by atoms with van der Waals surface area (Å²) in [5, 5.41) is 1.59. The maximum Gasteiger partial charge on any atom is 0.165 e. The molecule has 2 N–H and O–H groups in total. The van der Waals surface area contributed by atoms with Gasteiger partial charge in [0, 0.05) is 10.6 Å². The van der Waals surface area contributed by atoms with Gasteiger partial charge in [-0.3, -0.25) is 0 Å². The molecule has 0 aliphatic carbocycles. The fourth-order valence-electron chi connectivity index (χ4n) is 2.87. The molecule has 0 amide bonds. The van der Waals surface area contributed by atoms with Crippen molar-refractivity contribution >= 4 is 34.7 Å². The van der Waals surface area contributed by atoms with Crippen molar-refractivity contribution in [1.82, 2.24) is 19.5 Å². The molecule has 0 bridgehead atoms. The molecule has 2 aromatic carbocycles. The van der Waals surface area contributed by atoms with Crippen LogP contribution in [0.15, 0.2) is 73.3 Å². The molecule has 0 saturated carbocycles. The van der Waals surface area contributed by atoms with Gasteiger partial charge in [0.1, 0.15) is 11.8 Å². The van der Waals surface area contributed by atoms with Crippen molar-refractivity contribution in [2.75, 3.05) is 5.73 Å². The van der Waals surface area contributed by atoms with Crippen LogP contribution in [-0.4, -0.2) is 19.5 Å². The lowest BCUT2D eigenvalue weighted by molar-refractivity contribution is 0.580. The number of hydrogen-bond donors (Lipinski definition) is 1. The monoisotopic (exact) mass is 349 g/mol. The summed E-state index contributed by atoms with van der Waals surface area (Å²) >= 11 is 0. The molecule has 0 radical (unpaired) electrons. The Kier molecular flexibility index (Phi) is 3.82. The molecule has 4 rings (SSSR count). The molecule has 0 saturated heterocycles. The molecule has 0 unspecified atom stereocenters. The predicted octanol–water partition coefficient (Wildman–Crippen LogP) is 2.38. The topological polar surface area (TPSA) is 86.7 Å². The van der Waals surface area contributed by atoms with E-state index in [0.717, 1.165) is 10.6 Å². The highest BCUT2D eigenvalue weighted by Gasteiger charge is 2.28. The van der Waals surface area contributed by atoms with Crippen molar-refractivity contribution < 1.29 is 4.57 Å². The van der Waals surface area contributed by atoms with Gasteiger partial charge in [0.15, 0.2) is 18.6 Å². The second kappa shape index (κ2) is 6.15. The summed E-state index contributed by atoms with van der Waals surface area (Å²) in [6.45, 7) is 0. The third kappa shape index (κ3) is 2.71. The standard InChI is InChI=1S/C18H16N5OP/c19-17-16-18(21-11-20-17)23(12-22-16)13-25(24,14-7-3-1-4-8-14)15-9-5-2-6-10-15/h1-12H,13H2,(H2,19,20,21). The third-order valence-corrected chi connectivity index (χ3v) is 7.10. The Bertz CT molecular complexity index is 1020. The van der Waals surface area contributed by atoms with Gasteiger partial charge in [-0.25, -0.2) is 15.0 Å². The number of benzene rings is 2. The first-order chi connectivity index (χ1) is 12.2. The maximum atomic E-state index is 14.1. The third-order valence-electron chi connectivity index (χ3n) is 4.13. The van der Waals surface area contributed by atoms with Crippen molar-refractivity contribution in [3.63, 3.8) is 0 Å². The van der Waals surface area contributed by atoms with E-state index in [4.69, 9.17) is 5.73 Å². The lowest BCUT2D eigenvalue weighted by Gasteiger charge is -2.20. The van der Waals surface area contributed by atoms with Gasteiger partial charge in [-0.1, -0.05) is 60.7 Å². The molecule has 2 heterocycles. The molecule has 2 aromatic heterocycles. The van der Waals surface area contributed by atoms with Crippen LogP contribution in [0.3, 0.4) is 0 Å². The van der Waals surface area contributed by atoms with Gasteiger partial charge in [-0.05, 0) is 0 Å². The first kappa shape index (κ1) is 15.5. The summed E-state index contributed by atoms with van der Waals surface area (Å²) in [6, 6.07) is 19.0. The van der Waals surface area contributed by atoms with E-state index < -0.39 is 7.14 Å². The zero-order valence-electron chi connectivity index (χ0n) is 13.4. The normalized spacial score (nSPS) is 11.7. The number of nitrogen functional groups attached to an aromatic ring is 1. The molecule has 4 aromatic rings. The summed E-state index contributed by atoms with van der Waals surface area (Å²) in [6.07, 6.45) is 3.27. The highest BCUT2D eigenvalue weighted by Crippen LogP contribution is 2.45. The molecule has 6 nitrogen and oxygen atoms in total. The number of nitrogens with two attached hydrogens (primary N) is 1. The minimum absolute atomic E-state index is 0.258. The fraction of sp³-hybridized carbons (Fsp3) is 0.0556. The minimum atomic E-state index is -2.91. The number of aromatic nitrogens is 4. The quantitative estimate of drug-likeness (QED) is 0.572. The fourth-order valence-corrected chi connectivity index (χ4v) is 5.44. The summed E-state index contributed by atoms with van der Waals surface area (Å²) in [5.74, 6) is 0.318. The van der Waals surface area contributed by atoms with Crippen molar-refractivity contribution in [2.45, 2.75) is 6.29 Å². The first-order valence-corrected chi connectivity index (χ1v) is 9.69. The van der Waals surface area contributed by atoms with Crippen LogP contribution < -0.4 is 16.3 Å². The highest BCUT2D eigenvalue weighted by molar-refractivity contribution is 7.77. The number of hydrogen-bond acceptors (Lipinski definition) is 5. The Morgan fingerprint density at radius 2 is 1.48 bits per heavy atom. The zero-order valence-corrected chi connectivity index (χ0v) is 14.3. The summed E-state index contributed by atoms with van der Waals surface area (Å²) in [5.41, 5.74) is 6.97. The lowest BCUT2D eigenvalue weighted by atomic mass is 10.4. The number of rotatable bonds is 4. The van der Waals surface area contributed by atoms with Crippen molar-refractivity contribution in [3.8, 4) is 0 Å². The number of fused-ring (bicyclic) bond motifs is 1. The van der Waals surface area contributed by atoms with Gasteiger partial charge < -0.3 is 14.9 Å². The van der Waals surface area contributed by atoms with Gasteiger partial charge in [0.25, 0.3) is 0 Å². The largest absolute Gasteiger partial charge is 0.382 e. The Labute approximate surface area is 144 Å². The molecule has 0 atom stereocenters. The molecular formula is C18H16N5OP. The Morgan fingerprint density at radius 3 is 2.08 bits per heavy atom. The van der Waals surface area contributed by atoms with Crippen LogP contribution in [-0.2, 0) is 10.9 Å². The molecule has 0 aliphatic rings. The molecular weight excluding hydrogens is 333 g/mol. The van der Waals surface area contributed by atoms with E-state index in [1.165, 1.54) is 6.33 Å². The van der Waals surface area contributed by atoms with Gasteiger partial charge in [0.05, 0.1) is 12.6 Å². The molecule has 124 valence electrons. The van der Waals surface area contributed by atoms with Crippen molar-refractivity contribution in [2.24, 2.45) is 0 Å². The van der Waals surface area contributed by atoms with E-state index in [2.05, 4.69) is 15.0 Å². The van der Waals surface area contributed by atoms with E-state index in [1.54, 1.807) is 10.9 Å². The van der Waals surface area contributed by atoms with Crippen LogP contribution in [0.1, 0.15) is 0 Å². The second-order valence-electron chi connectivity index (χ2n) is 5.70. The summed E-state index contributed by atoms with van der Waals surface area (Å²) in [4.78, 5) is 12.5. The van der Waals surface area contributed by atoms with Gasteiger partial charge in [-0.2, -0.15) is 0 Å². The number of imidazole rings is 1. The Morgan fingerprint density at radius 1 is 0.880 bits per heavy atom. The van der Waals surface area contributed by atoms with Gasteiger partial charge in [-0.15, -0.1) is 0 Å². The van der Waals surface area contributed by atoms with Gasteiger partial charge >= 0.3 is 0 Å². The minimum Gasteiger partial charge on any atom is -0.382 e. The maximum absolute atomic E-state index is 14.1. The van der Waals surface area contributed by atoms with E-state index in [9.17, 15) is 4.57 Å². The van der Waals surface area contributed by atoms with Crippen LogP contribution in [0.4, 0.5) is 5.82 Å². The Hall–Kier alpha value is -2.98. The zero-order chi connectivity index (χ0) is 17.3. The second-order valence-corrected chi connectivity index (χ2v) is 8.49. The predicted molar refractivity (Wildman–Crippen MR) is 99.5 cm³/mol. The summed E-state index contributed by atoms with van der Waals surface area (Å²) in [7, 11) is -2.91. The van der Waals surface area contributed by atoms with E-state index in [0.29, 0.717) is 17.0 Å². The van der Waals surface area contributed by atoms with Crippen LogP contribution >= 0.6 is 7.14 Å². The summed E-state index contributed by atoms with van der Waals surface area (Å²) < 4.78 is 15.9. The van der Waals surface area contributed by atoms with Crippen LogP contribution in [0.2, 0.25) is 0 Å². The molecule has 0 fully saturated rings. The average Bonchev–Trinajstić information content (AvgIpc) is 3.07. The lowest BCUT2D eigenvalue weighted by Crippen LogP contribution is -2.19. The Balaban J connectivity index is 1.87. The molecule has 0 spiro atoms. The van der Waals surface area contributed by atoms with Crippen LogP contribution in [0.5, 0.6) is 0 Å². The van der Waals surface area contributed by atoms with E-state index in [1.807, 2.05) is 60.7 Å². The first-order valence-electron chi connectivity index (χ1n) is 7.80. The van der Waals surface area contributed by atoms with Gasteiger partial charge in [0.2, 0.25) is 0 Å². The highest BCUT2D eigenvalue weighted by atomic mass is 31.2. The molecule has 25 heavy (non-hydrogen) atoms. The van der Waals surface area contributed by atoms with Crippen molar-refractivity contribution in [1.29, 1.82) is 0 Å². The molecule has 7 heteroatoms. The van der Waals surface area contributed by atoms with E-state index >= 15 is 0 Å².